The number of rotatable bonds is 6. The molecule has 0 atom stereocenters. The Hall–Kier alpha value is -1.49. The molecule has 5 heteroatoms. The molecule has 1 N–H and O–H groups in total. The maximum Gasteiger partial charge on any atom is 0.225 e. The van der Waals surface area contributed by atoms with E-state index in [-0.39, 0.29) is 5.91 Å². The molecule has 1 heterocycles. The number of likely N-dealkylation sites (tertiary alicyclic amines) is 1. The van der Waals surface area contributed by atoms with Crippen LogP contribution in [0.1, 0.15) is 25.7 Å². The largest absolute Gasteiger partial charge is 0.325 e. The van der Waals surface area contributed by atoms with Crippen molar-refractivity contribution in [2.75, 3.05) is 25.0 Å². The van der Waals surface area contributed by atoms with Crippen LogP contribution in [0, 0.1) is 0 Å². The van der Waals surface area contributed by atoms with Crippen LogP contribution in [0.2, 0.25) is 5.02 Å². The Bertz CT molecular complexity index is 699. The van der Waals surface area contributed by atoms with Crippen molar-refractivity contribution >= 4 is 35.0 Å². The molecular formula is C20H23ClN2OS. The Kier molecular flexibility index (Phi) is 6.79. The molecule has 25 heavy (non-hydrogen) atoms. The average Bonchev–Trinajstić information content (AvgIpc) is 2.64. The van der Waals surface area contributed by atoms with Crippen LogP contribution >= 0.6 is 23.4 Å². The monoisotopic (exact) mass is 374 g/mol. The quantitative estimate of drug-likeness (QED) is 0.744. The summed E-state index contributed by atoms with van der Waals surface area (Å²) >= 11 is 7.57. The van der Waals surface area contributed by atoms with Gasteiger partial charge >= 0.3 is 0 Å². The number of hydrogen-bond donors (Lipinski definition) is 1. The van der Waals surface area contributed by atoms with E-state index in [2.05, 4.69) is 10.2 Å². The first-order chi connectivity index (χ1) is 12.2. The lowest BCUT2D eigenvalue weighted by molar-refractivity contribution is -0.116. The van der Waals surface area contributed by atoms with E-state index in [1.165, 1.54) is 19.3 Å². The number of para-hydroxylation sites is 1. The van der Waals surface area contributed by atoms with E-state index in [1.807, 2.05) is 48.5 Å². The Balaban J connectivity index is 1.58. The SMILES string of the molecule is O=C(CCN1CCCCC1)Nc1ccccc1Sc1ccc(Cl)cc1. The number of benzene rings is 2. The fourth-order valence-corrected chi connectivity index (χ4v) is 3.97. The minimum Gasteiger partial charge on any atom is -0.325 e. The highest BCUT2D eigenvalue weighted by Crippen LogP contribution is 2.33. The van der Waals surface area contributed by atoms with Gasteiger partial charge in [0.1, 0.15) is 0 Å². The van der Waals surface area contributed by atoms with Gasteiger partial charge in [-0.3, -0.25) is 4.79 Å². The van der Waals surface area contributed by atoms with Crippen molar-refractivity contribution in [2.24, 2.45) is 0 Å². The van der Waals surface area contributed by atoms with Crippen LogP contribution in [0.5, 0.6) is 0 Å². The van der Waals surface area contributed by atoms with Crippen LogP contribution in [-0.4, -0.2) is 30.4 Å². The number of hydrogen-bond acceptors (Lipinski definition) is 3. The summed E-state index contributed by atoms with van der Waals surface area (Å²) in [5.41, 5.74) is 0.867. The molecule has 0 spiro atoms. The van der Waals surface area contributed by atoms with Crippen LogP contribution in [0.25, 0.3) is 0 Å². The molecule has 1 aliphatic heterocycles. The fraction of sp³-hybridized carbons (Fsp3) is 0.350. The van der Waals surface area contributed by atoms with Crippen molar-refractivity contribution in [2.45, 2.75) is 35.5 Å². The second kappa shape index (κ2) is 9.27. The lowest BCUT2D eigenvalue weighted by Gasteiger charge is -2.26. The van der Waals surface area contributed by atoms with Crippen molar-refractivity contribution < 1.29 is 4.79 Å². The van der Waals surface area contributed by atoms with Crippen LogP contribution in [0.4, 0.5) is 5.69 Å². The predicted octanol–water partition coefficient (Wildman–Crippen LogP) is 5.31. The summed E-state index contributed by atoms with van der Waals surface area (Å²) in [7, 11) is 0. The summed E-state index contributed by atoms with van der Waals surface area (Å²) in [5.74, 6) is 0.0785. The highest BCUT2D eigenvalue weighted by molar-refractivity contribution is 7.99. The maximum atomic E-state index is 12.3. The molecule has 0 unspecified atom stereocenters. The maximum absolute atomic E-state index is 12.3. The number of nitrogens with zero attached hydrogens (tertiary/aromatic N) is 1. The fourth-order valence-electron chi connectivity index (χ4n) is 2.94. The van der Waals surface area contributed by atoms with Gasteiger partial charge in [0.15, 0.2) is 0 Å². The summed E-state index contributed by atoms with van der Waals surface area (Å²) in [4.78, 5) is 16.9. The third kappa shape index (κ3) is 5.77. The normalized spacial score (nSPS) is 15.1. The van der Waals surface area contributed by atoms with Gasteiger partial charge in [0.2, 0.25) is 5.91 Å². The number of carbonyl (C=O) groups excluding carboxylic acids is 1. The van der Waals surface area contributed by atoms with Crippen LogP contribution in [-0.2, 0) is 4.79 Å². The van der Waals surface area contributed by atoms with Gasteiger partial charge < -0.3 is 10.2 Å². The smallest absolute Gasteiger partial charge is 0.225 e. The third-order valence-electron chi connectivity index (χ3n) is 4.31. The Morgan fingerprint density at radius 1 is 1.04 bits per heavy atom. The highest BCUT2D eigenvalue weighted by atomic mass is 35.5. The molecule has 0 aromatic heterocycles. The van der Waals surface area contributed by atoms with Gasteiger partial charge in [-0.15, -0.1) is 0 Å². The number of halogens is 1. The first kappa shape index (κ1) is 18.3. The number of anilines is 1. The van der Waals surface area contributed by atoms with Crippen molar-refractivity contribution in [3.8, 4) is 0 Å². The Morgan fingerprint density at radius 2 is 1.76 bits per heavy atom. The summed E-state index contributed by atoms with van der Waals surface area (Å²) in [6.07, 6.45) is 4.36. The van der Waals surface area contributed by atoms with Gasteiger partial charge in [0.05, 0.1) is 5.69 Å². The molecule has 0 saturated carbocycles. The second-order valence-electron chi connectivity index (χ2n) is 6.25. The molecular weight excluding hydrogens is 352 g/mol. The van der Waals surface area contributed by atoms with E-state index in [0.29, 0.717) is 6.42 Å². The number of amides is 1. The van der Waals surface area contributed by atoms with E-state index < -0.39 is 0 Å². The van der Waals surface area contributed by atoms with Gasteiger partial charge in [0.25, 0.3) is 0 Å². The van der Waals surface area contributed by atoms with Crippen LogP contribution in [0.3, 0.4) is 0 Å². The molecule has 0 bridgehead atoms. The predicted molar refractivity (Wildman–Crippen MR) is 106 cm³/mol. The number of piperidine rings is 1. The molecule has 3 nitrogen and oxygen atoms in total. The average molecular weight is 375 g/mol. The zero-order valence-electron chi connectivity index (χ0n) is 14.2. The Labute approximate surface area is 158 Å². The Morgan fingerprint density at radius 3 is 2.52 bits per heavy atom. The van der Waals surface area contributed by atoms with E-state index >= 15 is 0 Å². The molecule has 2 aromatic rings. The van der Waals surface area contributed by atoms with E-state index in [9.17, 15) is 4.79 Å². The molecule has 132 valence electrons. The minimum absolute atomic E-state index is 0.0785. The molecule has 1 aliphatic rings. The van der Waals surface area contributed by atoms with E-state index in [0.717, 1.165) is 40.1 Å². The lowest BCUT2D eigenvalue weighted by atomic mass is 10.1. The summed E-state index contributed by atoms with van der Waals surface area (Å²) in [6, 6.07) is 15.7. The van der Waals surface area contributed by atoms with Gasteiger partial charge in [-0.05, 0) is 62.3 Å². The van der Waals surface area contributed by atoms with Gasteiger partial charge in [-0.25, -0.2) is 0 Å². The molecule has 0 aliphatic carbocycles. The van der Waals surface area contributed by atoms with Gasteiger partial charge in [-0.2, -0.15) is 0 Å². The van der Waals surface area contributed by atoms with Crippen molar-refractivity contribution in [3.05, 3.63) is 53.6 Å². The van der Waals surface area contributed by atoms with Crippen molar-refractivity contribution in [1.82, 2.24) is 4.90 Å². The second-order valence-corrected chi connectivity index (χ2v) is 7.80. The third-order valence-corrected chi connectivity index (χ3v) is 5.64. The summed E-state index contributed by atoms with van der Waals surface area (Å²) < 4.78 is 0. The molecule has 1 amide bonds. The van der Waals surface area contributed by atoms with E-state index in [1.54, 1.807) is 11.8 Å². The zero-order valence-corrected chi connectivity index (χ0v) is 15.8. The minimum atomic E-state index is 0.0785. The topological polar surface area (TPSA) is 32.3 Å². The van der Waals surface area contributed by atoms with Crippen LogP contribution in [0.15, 0.2) is 58.3 Å². The zero-order chi connectivity index (χ0) is 17.5. The molecule has 0 radical (unpaired) electrons. The van der Waals surface area contributed by atoms with Crippen molar-refractivity contribution in [3.63, 3.8) is 0 Å². The van der Waals surface area contributed by atoms with Crippen LogP contribution < -0.4 is 5.32 Å². The summed E-state index contributed by atoms with van der Waals surface area (Å²) in [6.45, 7) is 3.09. The highest BCUT2D eigenvalue weighted by Gasteiger charge is 2.13. The van der Waals surface area contributed by atoms with E-state index in [4.69, 9.17) is 11.6 Å². The van der Waals surface area contributed by atoms with Crippen molar-refractivity contribution in [1.29, 1.82) is 0 Å². The lowest BCUT2D eigenvalue weighted by Crippen LogP contribution is -2.32. The number of nitrogens with one attached hydrogen (secondary N) is 1. The molecule has 1 fully saturated rings. The standard InChI is InChI=1S/C20H23ClN2OS/c21-16-8-10-17(11-9-16)25-19-7-3-2-6-18(19)22-20(24)12-15-23-13-4-1-5-14-23/h2-3,6-11H,1,4-5,12-15H2,(H,22,24). The van der Waals surface area contributed by atoms with Gasteiger partial charge in [-0.1, -0.05) is 41.9 Å². The first-order valence-electron chi connectivity index (χ1n) is 8.75. The number of carbonyl (C=O) groups is 1. The molecule has 1 saturated heterocycles. The summed E-state index contributed by atoms with van der Waals surface area (Å²) in [5, 5.41) is 3.79. The molecule has 3 rings (SSSR count). The van der Waals surface area contributed by atoms with Gasteiger partial charge in [0, 0.05) is 27.8 Å². The molecule has 2 aromatic carbocycles. The first-order valence-corrected chi connectivity index (χ1v) is 9.95.